The zero-order chi connectivity index (χ0) is 20.9. The van der Waals surface area contributed by atoms with E-state index in [-0.39, 0.29) is 11.9 Å². The Kier molecular flexibility index (Phi) is 7.17. The van der Waals surface area contributed by atoms with Crippen LogP contribution in [0.5, 0.6) is 0 Å². The molecule has 0 saturated carbocycles. The molecule has 1 aliphatic heterocycles. The van der Waals surface area contributed by atoms with Gasteiger partial charge in [-0.1, -0.05) is 23.2 Å². The van der Waals surface area contributed by atoms with Crippen LogP contribution in [-0.2, 0) is 17.8 Å². The molecule has 28 heavy (non-hydrogen) atoms. The summed E-state index contributed by atoms with van der Waals surface area (Å²) in [6.07, 6.45) is -2.53. The fourth-order valence-electron chi connectivity index (χ4n) is 2.15. The normalized spacial score (nSPS) is 13.0. The molecule has 0 fully saturated rings. The Balaban J connectivity index is 0.000000345. The van der Waals surface area contributed by atoms with Crippen LogP contribution in [0.15, 0.2) is 24.4 Å². The molecule has 12 heteroatoms. The third kappa shape index (κ3) is 6.32. The SMILES string of the molecule is O=C(Nc1ncc2c(n1)CCNC2)c1cc(Cl)cc(Cl)c1.O=C(O)C(F)(F)F. The smallest absolute Gasteiger partial charge is 0.475 e. The van der Waals surface area contributed by atoms with Crippen LogP contribution in [0.3, 0.4) is 0 Å². The monoisotopic (exact) mass is 436 g/mol. The molecule has 3 N–H and O–H groups in total. The Morgan fingerprint density at radius 3 is 2.36 bits per heavy atom. The van der Waals surface area contributed by atoms with Crippen molar-refractivity contribution in [1.82, 2.24) is 15.3 Å². The van der Waals surface area contributed by atoms with Gasteiger partial charge in [0.1, 0.15) is 0 Å². The zero-order valence-electron chi connectivity index (χ0n) is 14.0. The highest BCUT2D eigenvalue weighted by Crippen LogP contribution is 2.20. The van der Waals surface area contributed by atoms with Gasteiger partial charge in [-0.05, 0) is 18.2 Å². The van der Waals surface area contributed by atoms with Crippen LogP contribution in [0, 0.1) is 0 Å². The summed E-state index contributed by atoms with van der Waals surface area (Å²) in [6, 6.07) is 4.67. The molecular formula is C16H13Cl2F3N4O3. The summed E-state index contributed by atoms with van der Waals surface area (Å²) < 4.78 is 31.7. The number of fused-ring (bicyclic) bond motifs is 1. The van der Waals surface area contributed by atoms with Crippen LogP contribution in [0.2, 0.25) is 10.0 Å². The third-order valence-electron chi connectivity index (χ3n) is 3.40. The predicted octanol–water partition coefficient (Wildman–Crippen LogP) is 3.31. The Hall–Kier alpha value is -2.43. The Bertz CT molecular complexity index is 874. The lowest BCUT2D eigenvalue weighted by molar-refractivity contribution is -0.192. The summed E-state index contributed by atoms with van der Waals surface area (Å²) in [5.41, 5.74) is 2.39. The van der Waals surface area contributed by atoms with Crippen molar-refractivity contribution in [1.29, 1.82) is 0 Å². The highest BCUT2D eigenvalue weighted by atomic mass is 35.5. The van der Waals surface area contributed by atoms with E-state index in [4.69, 9.17) is 33.1 Å². The highest BCUT2D eigenvalue weighted by molar-refractivity contribution is 6.35. The van der Waals surface area contributed by atoms with Gasteiger partial charge < -0.3 is 10.4 Å². The van der Waals surface area contributed by atoms with Gasteiger partial charge >= 0.3 is 12.1 Å². The minimum atomic E-state index is -5.08. The highest BCUT2D eigenvalue weighted by Gasteiger charge is 2.38. The van der Waals surface area contributed by atoms with Gasteiger partial charge in [-0.15, -0.1) is 0 Å². The van der Waals surface area contributed by atoms with Crippen LogP contribution in [0.4, 0.5) is 19.1 Å². The van der Waals surface area contributed by atoms with Crippen molar-refractivity contribution >= 4 is 41.0 Å². The zero-order valence-corrected chi connectivity index (χ0v) is 15.5. The molecule has 0 saturated heterocycles. The molecule has 2 heterocycles. The summed E-state index contributed by atoms with van der Waals surface area (Å²) in [5.74, 6) is -2.81. The third-order valence-corrected chi connectivity index (χ3v) is 3.84. The molecule has 1 amide bonds. The van der Waals surface area contributed by atoms with Crippen LogP contribution in [0.1, 0.15) is 21.6 Å². The molecule has 0 unspecified atom stereocenters. The van der Waals surface area contributed by atoms with Gasteiger partial charge in [0.05, 0.1) is 5.69 Å². The lowest BCUT2D eigenvalue weighted by Gasteiger charge is -2.16. The van der Waals surface area contributed by atoms with Crippen molar-refractivity contribution in [3.63, 3.8) is 0 Å². The van der Waals surface area contributed by atoms with E-state index in [1.165, 1.54) is 0 Å². The topological polar surface area (TPSA) is 104 Å². The van der Waals surface area contributed by atoms with Crippen molar-refractivity contribution in [2.24, 2.45) is 0 Å². The van der Waals surface area contributed by atoms with Crippen molar-refractivity contribution in [3.05, 3.63) is 51.3 Å². The maximum absolute atomic E-state index is 12.2. The minimum Gasteiger partial charge on any atom is -0.475 e. The van der Waals surface area contributed by atoms with Crippen LogP contribution < -0.4 is 10.6 Å². The van der Waals surface area contributed by atoms with Gasteiger partial charge in [0.25, 0.3) is 5.91 Å². The number of anilines is 1. The largest absolute Gasteiger partial charge is 0.490 e. The van der Waals surface area contributed by atoms with Crippen LogP contribution >= 0.6 is 23.2 Å². The summed E-state index contributed by atoms with van der Waals surface area (Å²) in [4.78, 5) is 29.6. The molecular weight excluding hydrogens is 424 g/mol. The molecule has 2 aromatic rings. The van der Waals surface area contributed by atoms with Crippen molar-refractivity contribution in [2.75, 3.05) is 11.9 Å². The number of benzene rings is 1. The van der Waals surface area contributed by atoms with Crippen molar-refractivity contribution in [3.8, 4) is 0 Å². The number of carboxylic acid groups (broad SMARTS) is 1. The van der Waals surface area contributed by atoms with E-state index in [1.54, 1.807) is 24.4 Å². The fourth-order valence-corrected chi connectivity index (χ4v) is 2.68. The number of hydrogen-bond acceptors (Lipinski definition) is 5. The molecule has 0 spiro atoms. The molecule has 0 aliphatic carbocycles. The summed E-state index contributed by atoms with van der Waals surface area (Å²) in [7, 11) is 0. The number of aliphatic carboxylic acids is 1. The van der Waals surface area contributed by atoms with E-state index in [9.17, 15) is 18.0 Å². The van der Waals surface area contributed by atoms with Crippen molar-refractivity contribution in [2.45, 2.75) is 19.1 Å². The Morgan fingerprint density at radius 1 is 1.18 bits per heavy atom. The molecule has 1 aliphatic rings. The number of alkyl halides is 3. The second-order valence-corrected chi connectivity index (χ2v) is 6.38. The standard InChI is InChI=1S/C14H12Cl2N4O.C2HF3O2/c15-10-3-8(4-11(16)5-10)13(21)20-14-18-7-9-6-17-2-1-12(9)19-14;3-2(4,5)1(6)7/h3-5,7,17H,1-2,6H2,(H,18,19,20,21);(H,6,7). The molecule has 150 valence electrons. The number of carboxylic acids is 1. The van der Waals surface area contributed by atoms with E-state index in [0.717, 1.165) is 30.8 Å². The second-order valence-electron chi connectivity index (χ2n) is 5.51. The number of carbonyl (C=O) groups excluding carboxylic acids is 1. The summed E-state index contributed by atoms with van der Waals surface area (Å²) in [6.45, 7) is 1.63. The van der Waals surface area contributed by atoms with Crippen LogP contribution in [-0.4, -0.2) is 39.7 Å². The first-order valence-electron chi connectivity index (χ1n) is 7.69. The molecule has 1 aromatic carbocycles. The van der Waals surface area contributed by atoms with Crippen molar-refractivity contribution < 1.29 is 27.9 Å². The van der Waals surface area contributed by atoms with E-state index >= 15 is 0 Å². The fraction of sp³-hybridized carbons (Fsp3) is 0.250. The summed E-state index contributed by atoms with van der Waals surface area (Å²) >= 11 is 11.8. The van der Waals surface area contributed by atoms with Gasteiger partial charge in [0, 0.05) is 46.9 Å². The Labute approximate surface area is 166 Å². The lowest BCUT2D eigenvalue weighted by Crippen LogP contribution is -2.25. The molecule has 3 rings (SSSR count). The first-order valence-corrected chi connectivity index (χ1v) is 8.45. The number of hydrogen-bond donors (Lipinski definition) is 3. The van der Waals surface area contributed by atoms with E-state index in [0.29, 0.717) is 15.6 Å². The molecule has 7 nitrogen and oxygen atoms in total. The molecule has 0 bridgehead atoms. The van der Waals surface area contributed by atoms with Gasteiger partial charge in [-0.3, -0.25) is 10.1 Å². The number of rotatable bonds is 2. The average molecular weight is 437 g/mol. The average Bonchev–Trinajstić information content (AvgIpc) is 2.60. The maximum atomic E-state index is 12.2. The molecule has 0 radical (unpaired) electrons. The number of carbonyl (C=O) groups is 2. The number of nitrogens with zero attached hydrogens (tertiary/aromatic N) is 2. The first-order chi connectivity index (χ1) is 13.1. The number of halogens is 5. The number of amides is 1. The first kappa shape index (κ1) is 21.9. The number of nitrogens with one attached hydrogen (secondary N) is 2. The lowest BCUT2D eigenvalue weighted by atomic mass is 10.1. The quantitative estimate of drug-likeness (QED) is 0.666. The summed E-state index contributed by atoms with van der Waals surface area (Å²) in [5, 5.41) is 13.8. The minimum absolute atomic E-state index is 0.289. The van der Waals surface area contributed by atoms with Gasteiger partial charge in [0.15, 0.2) is 0 Å². The van der Waals surface area contributed by atoms with E-state index in [2.05, 4.69) is 20.6 Å². The van der Waals surface area contributed by atoms with Gasteiger partial charge in [-0.2, -0.15) is 13.2 Å². The van der Waals surface area contributed by atoms with Gasteiger partial charge in [-0.25, -0.2) is 14.8 Å². The molecule has 1 aromatic heterocycles. The van der Waals surface area contributed by atoms with E-state index < -0.39 is 12.1 Å². The Morgan fingerprint density at radius 2 is 1.79 bits per heavy atom. The van der Waals surface area contributed by atoms with E-state index in [1.807, 2.05) is 0 Å². The predicted molar refractivity (Wildman–Crippen MR) is 95.5 cm³/mol. The second kappa shape index (κ2) is 9.18. The van der Waals surface area contributed by atoms with Gasteiger partial charge in [0.2, 0.25) is 5.95 Å². The number of aromatic nitrogens is 2. The molecule has 0 atom stereocenters. The van der Waals surface area contributed by atoms with Crippen LogP contribution in [0.25, 0.3) is 0 Å². The maximum Gasteiger partial charge on any atom is 0.490 e.